The Morgan fingerprint density at radius 3 is 2.00 bits per heavy atom. The first-order chi connectivity index (χ1) is 18.4. The van der Waals surface area contributed by atoms with Gasteiger partial charge >= 0.3 is 0 Å². The Morgan fingerprint density at radius 2 is 1.52 bits per heavy atom. The number of nitrogens with one attached hydrogen (secondary N) is 2. The van der Waals surface area contributed by atoms with Crippen LogP contribution in [0.3, 0.4) is 0 Å². The highest BCUT2D eigenvalue weighted by Gasteiger charge is 2.45. The van der Waals surface area contributed by atoms with Gasteiger partial charge in [-0.3, -0.25) is 4.79 Å². The Bertz CT molecular complexity index is 1370. The second kappa shape index (κ2) is 10.9. The van der Waals surface area contributed by atoms with Gasteiger partial charge in [0.1, 0.15) is 5.69 Å². The number of ether oxygens (including phenoxy) is 1. The van der Waals surface area contributed by atoms with Gasteiger partial charge < -0.3 is 72.0 Å². The number of methoxy groups -OCH3 is 1. The molecule has 0 bridgehead atoms. The van der Waals surface area contributed by atoms with Gasteiger partial charge in [0.2, 0.25) is 11.0 Å². The van der Waals surface area contributed by atoms with Crippen LogP contribution in [0.25, 0.3) is 0 Å². The number of carbonyl (C=O) groups excluding carboxylic acids is 1. The number of hydrogen-bond donors (Lipinski definition) is 14. The van der Waals surface area contributed by atoms with Crippen molar-refractivity contribution in [3.05, 3.63) is 47.2 Å². The minimum Gasteiger partial charge on any atom is -0.504 e. The molecule has 0 radical (unpaired) electrons. The molecule has 17 nitrogen and oxygen atoms in total. The largest absolute Gasteiger partial charge is 0.504 e. The van der Waals surface area contributed by atoms with E-state index in [0.717, 1.165) is 7.11 Å². The second-order valence-electron chi connectivity index (χ2n) is 8.45. The first kappa shape index (κ1) is 30.6. The van der Waals surface area contributed by atoms with E-state index in [-0.39, 0.29) is 10.7 Å². The number of thiazole rings is 1. The van der Waals surface area contributed by atoms with Crippen LogP contribution in [0, 0.1) is 0 Å². The van der Waals surface area contributed by atoms with Gasteiger partial charge in [-0.1, -0.05) is 41.7 Å². The third-order valence-electron chi connectivity index (χ3n) is 5.52. The van der Waals surface area contributed by atoms with Crippen molar-refractivity contribution in [3.8, 4) is 28.1 Å². The van der Waals surface area contributed by atoms with E-state index in [9.17, 15) is 61.0 Å². The van der Waals surface area contributed by atoms with E-state index in [1.54, 1.807) is 16.7 Å². The standard InChI is InChI=1S/C22H26N4O13S/c1-39-16(8-5-3-2-4-6-8)22(37,38)26-20(33,34)7-9-11(27)13(29)10(14(30)12(9)28)24-18(32)21(35,36)15-17(31)40-19(23)25-15/h2-6,16,26-31,33-38H,7H2,1H3,(H2,23,25)(H,24,32). The molecule has 15 N–H and O–H groups in total. The predicted molar refractivity (Wildman–Crippen MR) is 133 cm³/mol. The molecule has 1 atom stereocenters. The number of aromatic hydroxyl groups is 5. The number of rotatable bonds is 10. The number of anilines is 2. The van der Waals surface area contributed by atoms with E-state index in [4.69, 9.17) is 10.5 Å². The number of carbonyl (C=O) groups is 1. The second-order valence-corrected chi connectivity index (χ2v) is 9.46. The zero-order valence-electron chi connectivity index (χ0n) is 20.3. The maximum atomic E-state index is 12.5. The average molecular weight is 587 g/mol. The van der Waals surface area contributed by atoms with Crippen molar-refractivity contribution in [3.63, 3.8) is 0 Å². The first-order valence-corrected chi connectivity index (χ1v) is 11.7. The normalized spacial score (nSPS) is 13.3. The molecule has 2 aromatic carbocycles. The van der Waals surface area contributed by atoms with Crippen molar-refractivity contribution in [1.29, 1.82) is 0 Å². The van der Waals surface area contributed by atoms with Gasteiger partial charge in [0.15, 0.2) is 39.9 Å². The smallest absolute Gasteiger partial charge is 0.294 e. The molecule has 0 saturated carbocycles. The lowest BCUT2D eigenvalue weighted by Crippen LogP contribution is -2.62. The Hall–Kier alpha value is -3.98. The van der Waals surface area contributed by atoms with Gasteiger partial charge in [-0.15, -0.1) is 0 Å². The van der Waals surface area contributed by atoms with Gasteiger partial charge in [-0.2, -0.15) is 0 Å². The Morgan fingerprint density at radius 1 is 0.975 bits per heavy atom. The fourth-order valence-corrected chi connectivity index (χ4v) is 4.33. The number of aliphatic hydroxyl groups is 6. The van der Waals surface area contributed by atoms with Gasteiger partial charge in [0.05, 0.1) is 5.56 Å². The highest BCUT2D eigenvalue weighted by Crippen LogP contribution is 2.51. The molecule has 0 aliphatic heterocycles. The van der Waals surface area contributed by atoms with Crippen molar-refractivity contribution < 1.29 is 65.7 Å². The van der Waals surface area contributed by atoms with E-state index < -0.39 is 81.0 Å². The molecule has 18 heteroatoms. The molecule has 3 rings (SSSR count). The topological polar surface area (TPSA) is 312 Å². The van der Waals surface area contributed by atoms with Crippen LogP contribution in [0.1, 0.15) is 22.9 Å². The summed E-state index contributed by atoms with van der Waals surface area (Å²) in [6.45, 7) is 0. The summed E-state index contributed by atoms with van der Waals surface area (Å²) in [6.07, 6.45) is -2.93. The maximum Gasteiger partial charge on any atom is 0.294 e. The summed E-state index contributed by atoms with van der Waals surface area (Å²) in [5.41, 5.74) is 2.38. The van der Waals surface area contributed by atoms with Crippen molar-refractivity contribution in [2.75, 3.05) is 18.2 Å². The fraction of sp³-hybridized carbons (Fsp3) is 0.273. The summed E-state index contributed by atoms with van der Waals surface area (Å²) in [5.74, 6) is -17.5. The summed E-state index contributed by atoms with van der Waals surface area (Å²) in [4.78, 5) is 15.9. The zero-order chi connectivity index (χ0) is 30.2. The van der Waals surface area contributed by atoms with Crippen LogP contribution in [-0.4, -0.2) is 86.0 Å². The van der Waals surface area contributed by atoms with Crippen molar-refractivity contribution in [2.45, 2.75) is 30.1 Å². The van der Waals surface area contributed by atoms with Gasteiger partial charge in [0.25, 0.3) is 17.6 Å². The molecular weight excluding hydrogens is 560 g/mol. The maximum absolute atomic E-state index is 12.5. The summed E-state index contributed by atoms with van der Waals surface area (Å²) in [7, 11) is 1.09. The summed E-state index contributed by atoms with van der Waals surface area (Å²) in [5, 5.41) is 115. The van der Waals surface area contributed by atoms with E-state index >= 15 is 0 Å². The first-order valence-electron chi connectivity index (χ1n) is 10.9. The number of nitrogen functional groups attached to an aromatic ring is 1. The van der Waals surface area contributed by atoms with Crippen LogP contribution in [0.5, 0.6) is 28.1 Å². The van der Waals surface area contributed by atoms with Crippen molar-refractivity contribution >= 4 is 28.1 Å². The van der Waals surface area contributed by atoms with Crippen LogP contribution < -0.4 is 16.4 Å². The number of aromatic nitrogens is 1. The van der Waals surface area contributed by atoms with Crippen molar-refractivity contribution in [2.24, 2.45) is 0 Å². The molecule has 1 aromatic heterocycles. The number of phenols is 4. The quantitative estimate of drug-likeness (QED) is 0.0682. The number of phenolic OH excluding ortho intramolecular Hbond substituents is 4. The average Bonchev–Trinajstić information content (AvgIpc) is 3.21. The van der Waals surface area contributed by atoms with Gasteiger partial charge in [-0.25, -0.2) is 10.3 Å². The molecule has 3 aromatic rings. The minimum atomic E-state index is -3.58. The third-order valence-corrected chi connectivity index (χ3v) is 6.20. The SMILES string of the molecule is COC(c1ccccc1)C(O)(O)NC(O)(O)Cc1c(O)c(O)c(NC(=O)C(O)(O)c2nc(N)sc2O)c(O)c1O. The Balaban J connectivity index is 1.90. The van der Waals surface area contributed by atoms with E-state index in [1.807, 2.05) is 0 Å². The monoisotopic (exact) mass is 586 g/mol. The van der Waals surface area contributed by atoms with Crippen LogP contribution in [-0.2, 0) is 21.7 Å². The number of nitrogens with zero attached hydrogens (tertiary/aromatic N) is 1. The predicted octanol–water partition coefficient (Wildman–Crippen LogP) is -2.17. The molecule has 1 unspecified atom stereocenters. The Labute approximate surface area is 227 Å². The summed E-state index contributed by atoms with van der Waals surface area (Å²) in [6, 6.07) is 7.58. The Kier molecular flexibility index (Phi) is 8.32. The van der Waals surface area contributed by atoms with E-state index in [1.165, 1.54) is 24.3 Å². The molecule has 40 heavy (non-hydrogen) atoms. The molecular formula is C22H26N4O13S. The van der Waals surface area contributed by atoms with E-state index in [0.29, 0.717) is 11.3 Å². The molecule has 1 amide bonds. The molecule has 0 fully saturated rings. The highest BCUT2D eigenvalue weighted by molar-refractivity contribution is 7.17. The van der Waals surface area contributed by atoms with Crippen LogP contribution >= 0.6 is 11.3 Å². The number of hydrogen-bond acceptors (Lipinski definition) is 17. The highest BCUT2D eigenvalue weighted by atomic mass is 32.1. The van der Waals surface area contributed by atoms with E-state index in [2.05, 4.69) is 4.98 Å². The van der Waals surface area contributed by atoms with Crippen LogP contribution in [0.15, 0.2) is 30.3 Å². The van der Waals surface area contributed by atoms with Crippen molar-refractivity contribution in [1.82, 2.24) is 10.3 Å². The number of benzene rings is 2. The molecule has 0 aliphatic carbocycles. The molecule has 0 aliphatic rings. The number of amides is 1. The summed E-state index contributed by atoms with van der Waals surface area (Å²) >= 11 is 0.390. The lowest BCUT2D eigenvalue weighted by molar-refractivity contribution is -0.320. The molecule has 1 heterocycles. The van der Waals surface area contributed by atoms with Gasteiger partial charge in [-0.05, 0) is 5.56 Å². The lowest BCUT2D eigenvalue weighted by Gasteiger charge is -2.36. The molecule has 0 saturated heterocycles. The van der Waals surface area contributed by atoms with Crippen LogP contribution in [0.4, 0.5) is 10.8 Å². The summed E-state index contributed by atoms with van der Waals surface area (Å²) < 4.78 is 5.03. The number of nitrogens with two attached hydrogens (primary N) is 1. The zero-order valence-corrected chi connectivity index (χ0v) is 21.2. The van der Waals surface area contributed by atoms with Crippen LogP contribution in [0.2, 0.25) is 0 Å². The van der Waals surface area contributed by atoms with Gasteiger partial charge in [0, 0.05) is 13.5 Å². The minimum absolute atomic E-state index is 0.192. The fourth-order valence-electron chi connectivity index (χ4n) is 3.71. The molecule has 0 spiro atoms. The molecule has 218 valence electrons. The third kappa shape index (κ3) is 5.94. The lowest BCUT2D eigenvalue weighted by atomic mass is 10.0.